The predicted octanol–water partition coefficient (Wildman–Crippen LogP) is 1.86. The SMILES string of the molecule is Cc1ccc(N2CC(C(=O)NNC(=O)c3cccc([N+](=O)[O-])c3)CC2=O)c(F)c1. The Labute approximate surface area is 164 Å². The highest BCUT2D eigenvalue weighted by atomic mass is 19.1. The molecule has 1 unspecified atom stereocenters. The van der Waals surface area contributed by atoms with E-state index >= 15 is 0 Å². The first-order valence-electron chi connectivity index (χ1n) is 8.67. The van der Waals surface area contributed by atoms with E-state index < -0.39 is 34.4 Å². The van der Waals surface area contributed by atoms with Gasteiger partial charge in [0.15, 0.2) is 0 Å². The van der Waals surface area contributed by atoms with Crippen molar-refractivity contribution in [3.8, 4) is 0 Å². The van der Waals surface area contributed by atoms with Gasteiger partial charge in [0.1, 0.15) is 5.82 Å². The van der Waals surface area contributed by atoms with Gasteiger partial charge < -0.3 is 4.90 Å². The Kier molecular flexibility index (Phi) is 5.53. The van der Waals surface area contributed by atoms with Gasteiger partial charge in [0.2, 0.25) is 11.8 Å². The van der Waals surface area contributed by atoms with Gasteiger partial charge in [-0.05, 0) is 30.7 Å². The van der Waals surface area contributed by atoms with Crippen molar-refractivity contribution in [2.75, 3.05) is 11.4 Å². The first-order valence-corrected chi connectivity index (χ1v) is 8.67. The fourth-order valence-corrected chi connectivity index (χ4v) is 3.00. The molecule has 0 spiro atoms. The summed E-state index contributed by atoms with van der Waals surface area (Å²) in [5, 5.41) is 10.8. The number of carbonyl (C=O) groups excluding carboxylic acids is 3. The fraction of sp³-hybridized carbons (Fsp3) is 0.211. The molecule has 0 bridgehead atoms. The summed E-state index contributed by atoms with van der Waals surface area (Å²) in [6.07, 6.45) is -0.133. The van der Waals surface area contributed by atoms with Gasteiger partial charge in [-0.2, -0.15) is 0 Å². The number of nitrogens with zero attached hydrogens (tertiary/aromatic N) is 2. The lowest BCUT2D eigenvalue weighted by Crippen LogP contribution is -2.45. The maximum atomic E-state index is 14.1. The maximum Gasteiger partial charge on any atom is 0.270 e. The van der Waals surface area contributed by atoms with E-state index in [4.69, 9.17) is 0 Å². The highest BCUT2D eigenvalue weighted by molar-refractivity contribution is 6.01. The van der Waals surface area contributed by atoms with Crippen LogP contribution in [0.15, 0.2) is 42.5 Å². The van der Waals surface area contributed by atoms with E-state index in [0.717, 1.165) is 6.07 Å². The molecule has 1 aliphatic heterocycles. The lowest BCUT2D eigenvalue weighted by atomic mass is 10.1. The van der Waals surface area contributed by atoms with Crippen LogP contribution >= 0.6 is 0 Å². The summed E-state index contributed by atoms with van der Waals surface area (Å²) >= 11 is 0. The van der Waals surface area contributed by atoms with Gasteiger partial charge in [0.05, 0.1) is 16.5 Å². The molecule has 1 atom stereocenters. The number of anilines is 1. The Hall–Kier alpha value is -3.82. The van der Waals surface area contributed by atoms with Crippen LogP contribution in [0.4, 0.5) is 15.8 Å². The van der Waals surface area contributed by atoms with Crippen LogP contribution in [-0.2, 0) is 9.59 Å². The number of nitro groups is 1. The number of hydrogen-bond donors (Lipinski definition) is 2. The quantitative estimate of drug-likeness (QED) is 0.599. The van der Waals surface area contributed by atoms with Crippen molar-refractivity contribution in [3.63, 3.8) is 0 Å². The molecule has 2 aromatic rings. The molecular weight excluding hydrogens is 383 g/mol. The fourth-order valence-electron chi connectivity index (χ4n) is 3.00. The smallest absolute Gasteiger partial charge is 0.270 e. The largest absolute Gasteiger partial charge is 0.309 e. The van der Waals surface area contributed by atoms with Crippen molar-refractivity contribution in [2.24, 2.45) is 5.92 Å². The van der Waals surface area contributed by atoms with E-state index in [0.29, 0.717) is 5.56 Å². The molecule has 0 aliphatic carbocycles. The molecule has 2 aromatic carbocycles. The van der Waals surface area contributed by atoms with Gasteiger partial charge in [0, 0.05) is 30.7 Å². The average molecular weight is 400 g/mol. The first-order chi connectivity index (χ1) is 13.8. The molecule has 29 heavy (non-hydrogen) atoms. The second-order valence-corrected chi connectivity index (χ2v) is 6.61. The Morgan fingerprint density at radius 2 is 1.97 bits per heavy atom. The van der Waals surface area contributed by atoms with Gasteiger partial charge in [-0.25, -0.2) is 4.39 Å². The first kappa shape index (κ1) is 19.9. The van der Waals surface area contributed by atoms with E-state index in [2.05, 4.69) is 10.9 Å². The zero-order valence-corrected chi connectivity index (χ0v) is 15.3. The standard InChI is InChI=1S/C19H17FN4O5/c1-11-5-6-16(15(20)7-11)23-10-13(9-17(23)25)19(27)22-21-18(26)12-3-2-4-14(8-12)24(28)29/h2-8,13H,9-10H2,1H3,(H,21,26)(H,22,27). The number of halogens is 1. The molecule has 150 valence electrons. The third kappa shape index (κ3) is 4.37. The average Bonchev–Trinajstić information content (AvgIpc) is 3.07. The highest BCUT2D eigenvalue weighted by Gasteiger charge is 2.36. The van der Waals surface area contributed by atoms with Crippen LogP contribution in [-0.4, -0.2) is 29.2 Å². The molecular formula is C19H17FN4O5. The molecule has 3 rings (SSSR count). The second-order valence-electron chi connectivity index (χ2n) is 6.61. The topological polar surface area (TPSA) is 122 Å². The van der Waals surface area contributed by atoms with E-state index in [1.807, 2.05) is 0 Å². The molecule has 2 N–H and O–H groups in total. The lowest BCUT2D eigenvalue weighted by Gasteiger charge is -2.18. The van der Waals surface area contributed by atoms with Crippen LogP contribution in [0.5, 0.6) is 0 Å². The zero-order chi connectivity index (χ0) is 21.1. The van der Waals surface area contributed by atoms with Crippen molar-refractivity contribution in [1.82, 2.24) is 10.9 Å². The molecule has 0 aromatic heterocycles. The normalized spacial score (nSPS) is 15.9. The maximum absolute atomic E-state index is 14.1. The van der Waals surface area contributed by atoms with Crippen LogP contribution in [0.25, 0.3) is 0 Å². The molecule has 1 aliphatic rings. The number of aryl methyl sites for hydroxylation is 1. The molecule has 3 amide bonds. The summed E-state index contributed by atoms with van der Waals surface area (Å²) in [5.74, 6) is -3.11. The Morgan fingerprint density at radius 1 is 1.21 bits per heavy atom. The second kappa shape index (κ2) is 8.05. The molecule has 0 radical (unpaired) electrons. The van der Waals surface area contributed by atoms with Crippen molar-refractivity contribution < 1.29 is 23.7 Å². The Morgan fingerprint density at radius 3 is 2.66 bits per heavy atom. The minimum Gasteiger partial charge on any atom is -0.309 e. The van der Waals surface area contributed by atoms with Crippen molar-refractivity contribution in [2.45, 2.75) is 13.3 Å². The van der Waals surface area contributed by atoms with E-state index in [1.54, 1.807) is 13.0 Å². The van der Waals surface area contributed by atoms with Crippen LogP contribution < -0.4 is 15.8 Å². The van der Waals surface area contributed by atoms with Gasteiger partial charge in [0.25, 0.3) is 11.6 Å². The van der Waals surface area contributed by atoms with Crippen molar-refractivity contribution in [1.29, 1.82) is 0 Å². The Bertz CT molecular complexity index is 1010. The number of rotatable bonds is 4. The minimum absolute atomic E-state index is 0.00893. The summed E-state index contributed by atoms with van der Waals surface area (Å²) in [4.78, 5) is 47.9. The van der Waals surface area contributed by atoms with E-state index in [-0.39, 0.29) is 29.9 Å². The number of hydrogen-bond acceptors (Lipinski definition) is 5. The zero-order valence-electron chi connectivity index (χ0n) is 15.3. The molecule has 0 saturated carbocycles. The summed E-state index contributed by atoms with van der Waals surface area (Å²) in [6, 6.07) is 9.45. The number of amides is 3. The molecule has 9 nitrogen and oxygen atoms in total. The number of hydrazine groups is 1. The molecule has 1 heterocycles. The van der Waals surface area contributed by atoms with Crippen LogP contribution in [0.3, 0.4) is 0 Å². The van der Waals surface area contributed by atoms with Crippen molar-refractivity contribution in [3.05, 3.63) is 69.5 Å². The van der Waals surface area contributed by atoms with E-state index in [9.17, 15) is 28.9 Å². The molecule has 10 heteroatoms. The molecule has 1 fully saturated rings. The number of non-ortho nitro benzene ring substituents is 1. The number of nitro benzene ring substituents is 1. The van der Waals surface area contributed by atoms with Crippen LogP contribution in [0.1, 0.15) is 22.3 Å². The summed E-state index contributed by atoms with van der Waals surface area (Å²) in [7, 11) is 0. The Balaban J connectivity index is 1.61. The minimum atomic E-state index is -0.784. The summed E-state index contributed by atoms with van der Waals surface area (Å²) < 4.78 is 14.1. The van der Waals surface area contributed by atoms with Crippen molar-refractivity contribution >= 4 is 29.1 Å². The molecule has 1 saturated heterocycles. The van der Waals surface area contributed by atoms with Gasteiger partial charge in [-0.1, -0.05) is 12.1 Å². The van der Waals surface area contributed by atoms with Crippen LogP contribution in [0, 0.1) is 28.8 Å². The predicted molar refractivity (Wildman–Crippen MR) is 100 cm³/mol. The van der Waals surface area contributed by atoms with Gasteiger partial charge >= 0.3 is 0 Å². The summed E-state index contributed by atoms with van der Waals surface area (Å²) in [6.45, 7) is 1.69. The van der Waals surface area contributed by atoms with E-state index in [1.165, 1.54) is 35.2 Å². The lowest BCUT2D eigenvalue weighted by molar-refractivity contribution is -0.384. The third-order valence-electron chi connectivity index (χ3n) is 4.51. The van der Waals surface area contributed by atoms with Gasteiger partial charge in [-0.3, -0.25) is 35.3 Å². The van der Waals surface area contributed by atoms with Crippen LogP contribution in [0.2, 0.25) is 0 Å². The summed E-state index contributed by atoms with van der Waals surface area (Å²) in [5.41, 5.74) is 4.90. The third-order valence-corrected chi connectivity index (χ3v) is 4.51. The number of benzene rings is 2. The highest BCUT2D eigenvalue weighted by Crippen LogP contribution is 2.28. The van der Waals surface area contributed by atoms with Gasteiger partial charge in [-0.15, -0.1) is 0 Å². The monoisotopic (exact) mass is 400 g/mol. The number of nitrogens with one attached hydrogen (secondary N) is 2. The number of carbonyl (C=O) groups is 3.